The number of hydrogen-bond acceptors (Lipinski definition) is 5. The van der Waals surface area contributed by atoms with Gasteiger partial charge in [0.05, 0.1) is 11.3 Å². The minimum absolute atomic E-state index is 0.282. The Morgan fingerprint density at radius 3 is 2.44 bits per heavy atom. The van der Waals surface area contributed by atoms with Crippen molar-refractivity contribution in [2.45, 2.75) is 20.3 Å². The van der Waals surface area contributed by atoms with Gasteiger partial charge in [-0.05, 0) is 37.6 Å². The summed E-state index contributed by atoms with van der Waals surface area (Å²) in [5.74, 6) is 0.523. The molecule has 0 aliphatic carbocycles. The molecule has 1 N–H and O–H groups in total. The van der Waals surface area contributed by atoms with Crippen LogP contribution in [-0.2, 0) is 6.42 Å². The van der Waals surface area contributed by atoms with E-state index in [4.69, 9.17) is 9.47 Å². The Hall–Kier alpha value is -2.86. The third-order valence-corrected chi connectivity index (χ3v) is 5.09. The predicted molar refractivity (Wildman–Crippen MR) is 106 cm³/mol. The van der Waals surface area contributed by atoms with Gasteiger partial charge in [0.25, 0.3) is 0 Å². The quantitative estimate of drug-likeness (QED) is 0.564. The smallest absolute Gasteiger partial charge is 0.347 e. The van der Waals surface area contributed by atoms with Crippen molar-refractivity contribution in [1.29, 1.82) is 0 Å². The zero-order valence-electron chi connectivity index (χ0n) is 15.3. The van der Waals surface area contributed by atoms with Crippen LogP contribution in [-0.4, -0.2) is 29.3 Å². The molecule has 0 saturated heterocycles. The third kappa shape index (κ3) is 4.65. The van der Waals surface area contributed by atoms with Gasteiger partial charge in [-0.15, -0.1) is 11.3 Å². The summed E-state index contributed by atoms with van der Waals surface area (Å²) in [5, 5.41) is 10.00. The normalized spacial score (nSPS) is 10.6. The van der Waals surface area contributed by atoms with Crippen molar-refractivity contribution in [3.05, 3.63) is 64.7 Å². The Morgan fingerprint density at radius 2 is 1.78 bits per heavy atom. The molecule has 0 unspecified atom stereocenters. The van der Waals surface area contributed by atoms with Crippen LogP contribution in [0.3, 0.4) is 0 Å². The lowest BCUT2D eigenvalue weighted by molar-refractivity contribution is 0.0701. The van der Waals surface area contributed by atoms with E-state index in [1.807, 2.05) is 62.4 Å². The average Bonchev–Trinajstić information content (AvgIpc) is 3.11. The standard InChI is InChI=1S/C21H21NO4S/c1-3-17-19(21(23)24)27-20(22-17)16-6-4-5-7-18(16)26-13-12-25-15-10-8-14(2)9-11-15/h4-11H,3,12-13H2,1-2H3,(H,23,24). The maximum absolute atomic E-state index is 11.4. The van der Waals surface area contributed by atoms with Crippen LogP contribution in [0.2, 0.25) is 0 Å². The van der Waals surface area contributed by atoms with Gasteiger partial charge < -0.3 is 14.6 Å². The maximum Gasteiger partial charge on any atom is 0.347 e. The number of carboxylic acid groups (broad SMARTS) is 1. The SMILES string of the molecule is CCc1nc(-c2ccccc2OCCOc2ccc(C)cc2)sc1C(=O)O. The molecule has 5 nitrogen and oxygen atoms in total. The Bertz CT molecular complexity index is 918. The maximum atomic E-state index is 11.4. The first-order chi connectivity index (χ1) is 13.1. The third-order valence-electron chi connectivity index (χ3n) is 3.97. The monoisotopic (exact) mass is 383 g/mol. The van der Waals surface area contributed by atoms with Gasteiger partial charge in [0.15, 0.2) is 0 Å². The molecule has 3 aromatic rings. The van der Waals surface area contributed by atoms with Crippen molar-refractivity contribution in [1.82, 2.24) is 4.98 Å². The lowest BCUT2D eigenvalue weighted by atomic mass is 10.2. The van der Waals surface area contributed by atoms with Crippen molar-refractivity contribution < 1.29 is 19.4 Å². The van der Waals surface area contributed by atoms with Gasteiger partial charge in [0.2, 0.25) is 0 Å². The minimum Gasteiger partial charge on any atom is -0.490 e. The summed E-state index contributed by atoms with van der Waals surface area (Å²) in [6, 6.07) is 15.4. The molecular weight excluding hydrogens is 362 g/mol. The fourth-order valence-corrected chi connectivity index (χ4v) is 3.61. The van der Waals surface area contributed by atoms with Crippen LogP contribution in [0.5, 0.6) is 11.5 Å². The molecular formula is C21H21NO4S. The summed E-state index contributed by atoms with van der Waals surface area (Å²) in [6.45, 7) is 4.72. The van der Waals surface area contributed by atoms with Crippen molar-refractivity contribution in [2.75, 3.05) is 13.2 Å². The number of benzene rings is 2. The average molecular weight is 383 g/mol. The molecule has 0 radical (unpaired) electrons. The van der Waals surface area contributed by atoms with Gasteiger partial charge in [-0.2, -0.15) is 0 Å². The van der Waals surface area contributed by atoms with Crippen LogP contribution in [0.4, 0.5) is 0 Å². The van der Waals surface area contributed by atoms with E-state index in [1.54, 1.807) is 0 Å². The van der Waals surface area contributed by atoms with E-state index in [0.29, 0.717) is 36.1 Å². The van der Waals surface area contributed by atoms with Crippen LogP contribution >= 0.6 is 11.3 Å². The number of carboxylic acids is 1. The second-order valence-electron chi connectivity index (χ2n) is 5.96. The molecule has 140 valence electrons. The number of thiazole rings is 1. The van der Waals surface area contributed by atoms with Gasteiger partial charge >= 0.3 is 5.97 Å². The molecule has 0 bridgehead atoms. The van der Waals surface area contributed by atoms with Gasteiger partial charge in [0.1, 0.15) is 34.6 Å². The first-order valence-corrected chi connectivity index (χ1v) is 9.54. The number of ether oxygens (including phenoxy) is 2. The fourth-order valence-electron chi connectivity index (χ4n) is 2.59. The largest absolute Gasteiger partial charge is 0.490 e. The molecule has 1 aromatic heterocycles. The van der Waals surface area contributed by atoms with Crippen molar-refractivity contribution in [3.63, 3.8) is 0 Å². The second kappa shape index (κ2) is 8.68. The van der Waals surface area contributed by atoms with Gasteiger partial charge in [-0.25, -0.2) is 9.78 Å². The van der Waals surface area contributed by atoms with Gasteiger partial charge in [-0.1, -0.05) is 36.8 Å². The summed E-state index contributed by atoms with van der Waals surface area (Å²) in [4.78, 5) is 16.2. The minimum atomic E-state index is -0.944. The highest BCUT2D eigenvalue weighted by Crippen LogP contribution is 2.34. The molecule has 0 aliphatic heterocycles. The van der Waals surface area contributed by atoms with Crippen LogP contribution in [0, 0.1) is 6.92 Å². The molecule has 0 spiro atoms. The first-order valence-electron chi connectivity index (χ1n) is 8.73. The van der Waals surface area contributed by atoms with Gasteiger partial charge in [-0.3, -0.25) is 0 Å². The van der Waals surface area contributed by atoms with Gasteiger partial charge in [0, 0.05) is 0 Å². The van der Waals surface area contributed by atoms with Crippen LogP contribution in [0.15, 0.2) is 48.5 Å². The summed E-state index contributed by atoms with van der Waals surface area (Å²) >= 11 is 1.17. The predicted octanol–water partition coefficient (Wildman–Crippen LogP) is 4.84. The Kier molecular flexibility index (Phi) is 6.08. The van der Waals surface area contributed by atoms with E-state index < -0.39 is 5.97 Å². The highest BCUT2D eigenvalue weighted by molar-refractivity contribution is 7.17. The van der Waals surface area contributed by atoms with Crippen LogP contribution < -0.4 is 9.47 Å². The van der Waals surface area contributed by atoms with Crippen molar-refractivity contribution in [3.8, 4) is 22.1 Å². The van der Waals surface area contributed by atoms with E-state index in [2.05, 4.69) is 4.98 Å². The van der Waals surface area contributed by atoms with Crippen LogP contribution in [0.25, 0.3) is 10.6 Å². The molecule has 0 aliphatic rings. The zero-order valence-corrected chi connectivity index (χ0v) is 16.1. The van der Waals surface area contributed by atoms with E-state index in [0.717, 1.165) is 11.3 Å². The Morgan fingerprint density at radius 1 is 1.07 bits per heavy atom. The highest BCUT2D eigenvalue weighted by atomic mass is 32.1. The fraction of sp³-hybridized carbons (Fsp3) is 0.238. The topological polar surface area (TPSA) is 68.7 Å². The molecule has 6 heteroatoms. The highest BCUT2D eigenvalue weighted by Gasteiger charge is 2.18. The van der Waals surface area contributed by atoms with E-state index in [-0.39, 0.29) is 4.88 Å². The van der Waals surface area contributed by atoms with Crippen molar-refractivity contribution in [2.24, 2.45) is 0 Å². The number of aromatic carboxylic acids is 1. The molecule has 0 amide bonds. The lowest BCUT2D eigenvalue weighted by Crippen LogP contribution is -2.09. The molecule has 0 saturated carbocycles. The first kappa shape index (κ1) is 18.9. The number of rotatable bonds is 8. The molecule has 1 heterocycles. The molecule has 3 rings (SSSR count). The number of para-hydroxylation sites is 1. The summed E-state index contributed by atoms with van der Waals surface area (Å²) in [7, 11) is 0. The number of hydrogen-bond donors (Lipinski definition) is 1. The zero-order chi connectivity index (χ0) is 19.2. The molecule has 27 heavy (non-hydrogen) atoms. The molecule has 2 aromatic carbocycles. The van der Waals surface area contributed by atoms with E-state index in [1.165, 1.54) is 16.9 Å². The second-order valence-corrected chi connectivity index (χ2v) is 6.96. The lowest BCUT2D eigenvalue weighted by Gasteiger charge is -2.11. The van der Waals surface area contributed by atoms with E-state index >= 15 is 0 Å². The number of aromatic nitrogens is 1. The van der Waals surface area contributed by atoms with E-state index in [9.17, 15) is 9.90 Å². The number of nitrogens with zero attached hydrogens (tertiary/aromatic N) is 1. The van der Waals surface area contributed by atoms with Crippen LogP contribution in [0.1, 0.15) is 27.9 Å². The number of carbonyl (C=O) groups is 1. The summed E-state index contributed by atoms with van der Waals surface area (Å²) in [6.07, 6.45) is 0.575. The number of aryl methyl sites for hydroxylation is 2. The Labute approximate surface area is 162 Å². The summed E-state index contributed by atoms with van der Waals surface area (Å²) < 4.78 is 11.6. The molecule has 0 atom stereocenters. The summed E-state index contributed by atoms with van der Waals surface area (Å²) in [5.41, 5.74) is 2.57. The van der Waals surface area contributed by atoms with Crippen molar-refractivity contribution >= 4 is 17.3 Å². The molecule has 0 fully saturated rings. The Balaban J connectivity index is 1.69.